The van der Waals surface area contributed by atoms with E-state index < -0.39 is 0 Å². The molecule has 2 rings (SSSR count). The van der Waals surface area contributed by atoms with Crippen molar-refractivity contribution >= 4 is 11.5 Å². The Hall–Kier alpha value is -1.31. The van der Waals surface area contributed by atoms with E-state index in [1.807, 2.05) is 12.1 Å². The Balaban J connectivity index is 2.19. The Morgan fingerprint density at radius 1 is 1.22 bits per heavy atom. The summed E-state index contributed by atoms with van der Waals surface area (Å²) in [6.45, 7) is 5.04. The van der Waals surface area contributed by atoms with Crippen LogP contribution in [0.25, 0.3) is 0 Å². The maximum Gasteiger partial charge on any atom is 0.159 e. The fourth-order valence-corrected chi connectivity index (χ4v) is 2.83. The first kappa shape index (κ1) is 13.1. The molecule has 0 bridgehead atoms. The predicted octanol–water partition coefficient (Wildman–Crippen LogP) is 4.05. The molecule has 0 saturated carbocycles. The van der Waals surface area contributed by atoms with Crippen LogP contribution in [0, 0.1) is 0 Å². The molecule has 1 fully saturated rings. The zero-order valence-corrected chi connectivity index (χ0v) is 11.5. The fourth-order valence-electron chi connectivity index (χ4n) is 2.83. The summed E-state index contributed by atoms with van der Waals surface area (Å²) in [7, 11) is 0. The lowest BCUT2D eigenvalue weighted by Crippen LogP contribution is -2.34. The number of nitrogens with zero attached hydrogens (tertiary/aromatic N) is 1. The van der Waals surface area contributed by atoms with Gasteiger partial charge in [-0.15, -0.1) is 0 Å². The normalized spacial score (nSPS) is 20.6. The van der Waals surface area contributed by atoms with Gasteiger partial charge in [-0.25, -0.2) is 0 Å². The lowest BCUT2D eigenvalue weighted by atomic mass is 10.1. The molecule has 1 saturated heterocycles. The zero-order chi connectivity index (χ0) is 13.0. The Morgan fingerprint density at radius 3 is 2.56 bits per heavy atom. The zero-order valence-electron chi connectivity index (χ0n) is 11.5. The third-order valence-electron chi connectivity index (χ3n) is 3.95. The molecule has 98 valence electrons. The van der Waals surface area contributed by atoms with E-state index in [1.54, 1.807) is 6.92 Å². The van der Waals surface area contributed by atoms with Crippen molar-refractivity contribution in [2.24, 2.45) is 0 Å². The highest BCUT2D eigenvalue weighted by molar-refractivity contribution is 5.94. The molecule has 2 heteroatoms. The van der Waals surface area contributed by atoms with E-state index in [1.165, 1.54) is 37.8 Å². The predicted molar refractivity (Wildman–Crippen MR) is 76.3 cm³/mol. The van der Waals surface area contributed by atoms with Crippen LogP contribution in [0.5, 0.6) is 0 Å². The molecule has 1 aromatic carbocycles. The number of Topliss-reactive ketones (excluding diaryl/α,β-unsaturated/α-hetero) is 1. The first-order valence-corrected chi connectivity index (χ1v) is 7.10. The molecule has 1 aliphatic rings. The lowest BCUT2D eigenvalue weighted by molar-refractivity contribution is 0.101. The highest BCUT2D eigenvalue weighted by Gasteiger charge is 2.19. The van der Waals surface area contributed by atoms with E-state index in [2.05, 4.69) is 24.0 Å². The van der Waals surface area contributed by atoms with Crippen molar-refractivity contribution < 1.29 is 4.79 Å². The average molecular weight is 245 g/mol. The SMILES string of the molecule is CCC1CCCCCN1c1ccc(C(C)=O)cc1. The number of carbonyl (C=O) groups is 1. The van der Waals surface area contributed by atoms with Crippen molar-refractivity contribution in [2.45, 2.75) is 52.0 Å². The van der Waals surface area contributed by atoms with Crippen LogP contribution in [0.1, 0.15) is 56.3 Å². The summed E-state index contributed by atoms with van der Waals surface area (Å²) < 4.78 is 0. The first-order chi connectivity index (χ1) is 8.72. The van der Waals surface area contributed by atoms with E-state index in [-0.39, 0.29) is 5.78 Å². The number of ketones is 1. The van der Waals surface area contributed by atoms with Crippen LogP contribution in [0.2, 0.25) is 0 Å². The maximum absolute atomic E-state index is 11.3. The summed E-state index contributed by atoms with van der Waals surface area (Å²) in [5.74, 6) is 0.143. The average Bonchev–Trinajstić information content (AvgIpc) is 2.63. The second-order valence-corrected chi connectivity index (χ2v) is 5.21. The van der Waals surface area contributed by atoms with E-state index in [4.69, 9.17) is 0 Å². The summed E-state index contributed by atoms with van der Waals surface area (Å²) >= 11 is 0. The van der Waals surface area contributed by atoms with Gasteiger partial charge in [0, 0.05) is 23.8 Å². The molecule has 0 aliphatic carbocycles. The van der Waals surface area contributed by atoms with E-state index in [0.717, 1.165) is 12.1 Å². The molecular weight excluding hydrogens is 222 g/mol. The minimum Gasteiger partial charge on any atom is -0.369 e. The van der Waals surface area contributed by atoms with Crippen molar-refractivity contribution in [2.75, 3.05) is 11.4 Å². The Morgan fingerprint density at radius 2 is 1.94 bits per heavy atom. The molecule has 0 N–H and O–H groups in total. The van der Waals surface area contributed by atoms with Gasteiger partial charge in [-0.2, -0.15) is 0 Å². The van der Waals surface area contributed by atoms with E-state index >= 15 is 0 Å². The van der Waals surface area contributed by atoms with Gasteiger partial charge in [-0.3, -0.25) is 4.79 Å². The van der Waals surface area contributed by atoms with Crippen LogP contribution in [0.15, 0.2) is 24.3 Å². The molecule has 0 spiro atoms. The van der Waals surface area contributed by atoms with Gasteiger partial charge in [0.15, 0.2) is 5.78 Å². The molecule has 0 amide bonds. The number of anilines is 1. The molecule has 0 radical (unpaired) electrons. The van der Waals surface area contributed by atoms with Gasteiger partial charge in [-0.05, 0) is 50.5 Å². The number of rotatable bonds is 3. The summed E-state index contributed by atoms with van der Waals surface area (Å²) in [6, 6.07) is 8.77. The second-order valence-electron chi connectivity index (χ2n) is 5.21. The molecule has 1 aromatic rings. The van der Waals surface area contributed by atoms with Crippen molar-refractivity contribution in [3.8, 4) is 0 Å². The van der Waals surface area contributed by atoms with Crippen LogP contribution < -0.4 is 4.90 Å². The van der Waals surface area contributed by atoms with Crippen molar-refractivity contribution in [3.05, 3.63) is 29.8 Å². The second kappa shape index (κ2) is 6.03. The fraction of sp³-hybridized carbons (Fsp3) is 0.562. The monoisotopic (exact) mass is 245 g/mol. The summed E-state index contributed by atoms with van der Waals surface area (Å²) in [5.41, 5.74) is 2.08. The molecule has 2 nitrogen and oxygen atoms in total. The largest absolute Gasteiger partial charge is 0.369 e. The van der Waals surface area contributed by atoms with Crippen LogP contribution in [-0.4, -0.2) is 18.4 Å². The maximum atomic E-state index is 11.3. The number of hydrogen-bond donors (Lipinski definition) is 0. The quantitative estimate of drug-likeness (QED) is 0.749. The van der Waals surface area contributed by atoms with Gasteiger partial charge in [0.2, 0.25) is 0 Å². The van der Waals surface area contributed by atoms with E-state index in [0.29, 0.717) is 6.04 Å². The summed E-state index contributed by atoms with van der Waals surface area (Å²) in [5, 5.41) is 0. The number of hydrogen-bond acceptors (Lipinski definition) is 2. The number of carbonyl (C=O) groups excluding carboxylic acids is 1. The molecule has 1 unspecified atom stereocenters. The first-order valence-electron chi connectivity index (χ1n) is 7.10. The van der Waals surface area contributed by atoms with Crippen LogP contribution in [0.3, 0.4) is 0 Å². The van der Waals surface area contributed by atoms with Crippen LogP contribution in [-0.2, 0) is 0 Å². The van der Waals surface area contributed by atoms with Gasteiger partial charge in [0.25, 0.3) is 0 Å². The summed E-state index contributed by atoms with van der Waals surface area (Å²) in [4.78, 5) is 13.8. The van der Waals surface area contributed by atoms with Gasteiger partial charge >= 0.3 is 0 Å². The topological polar surface area (TPSA) is 20.3 Å². The Bertz CT molecular complexity index is 396. The molecule has 1 aliphatic heterocycles. The van der Waals surface area contributed by atoms with Gasteiger partial charge < -0.3 is 4.90 Å². The van der Waals surface area contributed by atoms with E-state index in [9.17, 15) is 4.79 Å². The smallest absolute Gasteiger partial charge is 0.159 e. The van der Waals surface area contributed by atoms with Gasteiger partial charge in [0.1, 0.15) is 0 Å². The molecule has 1 atom stereocenters. The highest BCUT2D eigenvalue weighted by Crippen LogP contribution is 2.26. The van der Waals surface area contributed by atoms with Crippen LogP contribution in [0.4, 0.5) is 5.69 Å². The standard InChI is InChI=1S/C16H23NO/c1-3-15-7-5-4-6-12-17(15)16-10-8-14(9-11-16)13(2)18/h8-11,15H,3-7,12H2,1-2H3. The lowest BCUT2D eigenvalue weighted by Gasteiger charge is -2.31. The van der Waals surface area contributed by atoms with Gasteiger partial charge in [0.05, 0.1) is 0 Å². The Labute approximate surface area is 110 Å². The van der Waals surface area contributed by atoms with Crippen molar-refractivity contribution in [1.82, 2.24) is 0 Å². The molecule has 18 heavy (non-hydrogen) atoms. The third-order valence-corrected chi connectivity index (χ3v) is 3.95. The van der Waals surface area contributed by atoms with Crippen molar-refractivity contribution in [1.29, 1.82) is 0 Å². The van der Waals surface area contributed by atoms with Gasteiger partial charge in [-0.1, -0.05) is 19.8 Å². The molecule has 0 aromatic heterocycles. The minimum absolute atomic E-state index is 0.143. The minimum atomic E-state index is 0.143. The third kappa shape index (κ3) is 2.92. The molecular formula is C16H23NO. The molecule has 1 heterocycles. The number of benzene rings is 1. The summed E-state index contributed by atoms with van der Waals surface area (Å²) in [6.07, 6.45) is 6.48. The highest BCUT2D eigenvalue weighted by atomic mass is 16.1. The van der Waals surface area contributed by atoms with Crippen molar-refractivity contribution in [3.63, 3.8) is 0 Å². The van der Waals surface area contributed by atoms with Crippen LogP contribution >= 0.6 is 0 Å². The Kier molecular flexibility index (Phi) is 4.40.